The van der Waals surface area contributed by atoms with E-state index in [4.69, 9.17) is 11.6 Å². The van der Waals surface area contributed by atoms with Gasteiger partial charge in [0.25, 0.3) is 11.8 Å². The minimum atomic E-state index is -0.547. The average Bonchev–Trinajstić information content (AvgIpc) is 3.03. The Morgan fingerprint density at radius 1 is 1.02 bits per heavy atom. The Morgan fingerprint density at radius 3 is 2.48 bits per heavy atom. The molecule has 1 atom stereocenters. The molecule has 40 heavy (non-hydrogen) atoms. The lowest BCUT2D eigenvalue weighted by Crippen LogP contribution is -2.48. The number of nitrogens with one attached hydrogen (secondary N) is 1. The molecule has 0 bridgehead atoms. The van der Waals surface area contributed by atoms with Gasteiger partial charge < -0.3 is 20.0 Å². The van der Waals surface area contributed by atoms with Crippen molar-refractivity contribution in [3.8, 4) is 0 Å². The number of halogens is 1. The fourth-order valence-electron chi connectivity index (χ4n) is 5.26. The first kappa shape index (κ1) is 28.0. The van der Waals surface area contributed by atoms with E-state index in [1.807, 2.05) is 25.1 Å². The lowest BCUT2D eigenvalue weighted by Gasteiger charge is -2.35. The van der Waals surface area contributed by atoms with Crippen molar-refractivity contribution in [3.63, 3.8) is 0 Å². The van der Waals surface area contributed by atoms with Crippen LogP contribution < -0.4 is 5.32 Å². The van der Waals surface area contributed by atoms with Crippen LogP contribution in [-0.2, 0) is 17.8 Å². The van der Waals surface area contributed by atoms with Gasteiger partial charge in [-0.25, -0.2) is 4.98 Å². The number of fused-ring (bicyclic) bond motifs is 1. The number of rotatable bonds is 7. The highest BCUT2D eigenvalue weighted by Gasteiger charge is 2.35. The van der Waals surface area contributed by atoms with E-state index in [-0.39, 0.29) is 30.6 Å². The molecular formula is C31H34ClN5O3. The van der Waals surface area contributed by atoms with Gasteiger partial charge in [-0.15, -0.1) is 0 Å². The smallest absolute Gasteiger partial charge is 0.256 e. The van der Waals surface area contributed by atoms with E-state index in [2.05, 4.69) is 27.1 Å². The molecule has 0 spiro atoms. The second-order valence-electron chi connectivity index (χ2n) is 10.7. The number of likely N-dealkylation sites (N-methyl/N-ethyl adjacent to an activating group) is 1. The predicted molar refractivity (Wildman–Crippen MR) is 156 cm³/mol. The summed E-state index contributed by atoms with van der Waals surface area (Å²) in [4.78, 5) is 50.7. The minimum Gasteiger partial charge on any atom is -0.324 e. The third-order valence-electron chi connectivity index (χ3n) is 7.71. The number of carbonyl (C=O) groups excluding carboxylic acids is 3. The van der Waals surface area contributed by atoms with Gasteiger partial charge in [-0.3, -0.25) is 14.4 Å². The van der Waals surface area contributed by atoms with Crippen LogP contribution in [0.4, 0.5) is 5.82 Å². The maximum absolute atomic E-state index is 13.8. The Morgan fingerprint density at radius 2 is 1.77 bits per heavy atom. The normalized spacial score (nSPS) is 18.4. The second kappa shape index (κ2) is 12.3. The van der Waals surface area contributed by atoms with Gasteiger partial charge in [0.1, 0.15) is 5.82 Å². The molecule has 2 aliphatic heterocycles. The number of carbonyl (C=O) groups is 3. The first-order valence-electron chi connectivity index (χ1n) is 13.6. The van der Waals surface area contributed by atoms with Crippen molar-refractivity contribution in [1.29, 1.82) is 0 Å². The molecule has 1 saturated heterocycles. The number of ketones is 1. The second-order valence-corrected chi connectivity index (χ2v) is 11.1. The van der Waals surface area contributed by atoms with Crippen molar-refractivity contribution in [3.05, 3.63) is 93.6 Å². The molecule has 0 unspecified atom stereocenters. The molecule has 2 aliphatic rings. The van der Waals surface area contributed by atoms with Crippen LogP contribution in [-0.4, -0.2) is 83.1 Å². The van der Waals surface area contributed by atoms with Crippen molar-refractivity contribution in [1.82, 2.24) is 19.7 Å². The molecule has 0 radical (unpaired) electrons. The van der Waals surface area contributed by atoms with Gasteiger partial charge in [0.2, 0.25) is 0 Å². The summed E-state index contributed by atoms with van der Waals surface area (Å²) in [6.45, 7) is 6.82. The highest BCUT2D eigenvalue weighted by molar-refractivity contribution is 6.30. The molecule has 3 aromatic rings. The van der Waals surface area contributed by atoms with E-state index >= 15 is 0 Å². The number of aryl methyl sites for hydroxylation is 1. The summed E-state index contributed by atoms with van der Waals surface area (Å²) >= 11 is 6.22. The number of piperazine rings is 1. The average molecular weight is 560 g/mol. The van der Waals surface area contributed by atoms with Crippen molar-refractivity contribution >= 4 is 35.0 Å². The lowest BCUT2D eigenvalue weighted by molar-refractivity contribution is -0.123. The Hall–Kier alpha value is -3.59. The van der Waals surface area contributed by atoms with Gasteiger partial charge in [0, 0.05) is 68.0 Å². The molecule has 1 aromatic heterocycles. The zero-order valence-electron chi connectivity index (χ0n) is 22.9. The zero-order valence-corrected chi connectivity index (χ0v) is 23.7. The Balaban J connectivity index is 1.34. The number of anilines is 1. The summed E-state index contributed by atoms with van der Waals surface area (Å²) in [7, 11) is 2.11. The molecule has 208 valence electrons. The number of nitrogens with zero attached hydrogens (tertiary/aromatic N) is 4. The van der Waals surface area contributed by atoms with E-state index in [1.165, 1.54) is 0 Å². The third kappa shape index (κ3) is 6.58. The topological polar surface area (TPSA) is 85.8 Å². The number of benzene rings is 2. The van der Waals surface area contributed by atoms with Gasteiger partial charge in [-0.05, 0) is 73.5 Å². The van der Waals surface area contributed by atoms with Crippen LogP contribution >= 0.6 is 11.6 Å². The highest BCUT2D eigenvalue weighted by Crippen LogP contribution is 2.27. The molecule has 0 aliphatic carbocycles. The first-order chi connectivity index (χ1) is 19.3. The van der Waals surface area contributed by atoms with E-state index in [9.17, 15) is 14.4 Å². The van der Waals surface area contributed by atoms with Crippen LogP contribution in [0.15, 0.2) is 60.8 Å². The van der Waals surface area contributed by atoms with E-state index < -0.39 is 6.04 Å². The summed E-state index contributed by atoms with van der Waals surface area (Å²) in [6.07, 6.45) is 2.45. The fourth-order valence-corrected chi connectivity index (χ4v) is 5.45. The Bertz CT molecular complexity index is 1390. The van der Waals surface area contributed by atoms with Crippen LogP contribution in [0, 0.1) is 6.92 Å². The van der Waals surface area contributed by atoms with Crippen LogP contribution in [0.5, 0.6) is 0 Å². The van der Waals surface area contributed by atoms with Gasteiger partial charge in [-0.2, -0.15) is 0 Å². The maximum atomic E-state index is 13.8. The third-order valence-corrected chi connectivity index (χ3v) is 7.94. The number of pyridine rings is 1. The molecular weight excluding hydrogens is 526 g/mol. The van der Waals surface area contributed by atoms with Gasteiger partial charge in [0.05, 0.1) is 6.04 Å². The number of hydrogen-bond donors (Lipinski definition) is 1. The number of Topliss-reactive ketones (excluding diaryl/α,β-unsaturated/α-hetero) is 1. The van der Waals surface area contributed by atoms with Crippen molar-refractivity contribution in [2.45, 2.75) is 32.4 Å². The van der Waals surface area contributed by atoms with E-state index in [0.717, 1.165) is 43.9 Å². The zero-order chi connectivity index (χ0) is 28.2. The molecule has 0 saturated carbocycles. The van der Waals surface area contributed by atoms with Crippen LogP contribution in [0.3, 0.4) is 0 Å². The summed E-state index contributed by atoms with van der Waals surface area (Å²) in [5.41, 5.74) is 3.52. The molecule has 1 N–H and O–H groups in total. The molecule has 1 fully saturated rings. The van der Waals surface area contributed by atoms with Crippen molar-refractivity contribution in [2.24, 2.45) is 0 Å². The summed E-state index contributed by atoms with van der Waals surface area (Å²) < 4.78 is 0. The fraction of sp³-hybridized carbons (Fsp3) is 0.355. The summed E-state index contributed by atoms with van der Waals surface area (Å²) in [5, 5.41) is 3.31. The quantitative estimate of drug-likeness (QED) is 0.470. The van der Waals surface area contributed by atoms with E-state index in [0.29, 0.717) is 34.0 Å². The number of amides is 2. The highest BCUT2D eigenvalue weighted by atomic mass is 35.5. The van der Waals surface area contributed by atoms with Crippen molar-refractivity contribution in [2.75, 3.05) is 45.1 Å². The predicted octanol–water partition coefficient (Wildman–Crippen LogP) is 4.07. The SMILES string of the molecule is Cc1ccc(NC(=O)c2ccc(CN3C(=O)c4ccc(Cl)cc4CC(=O)[C@H]3CCN3CCN(C)CC3)cc2)nc1. The van der Waals surface area contributed by atoms with E-state index in [1.54, 1.807) is 47.5 Å². The summed E-state index contributed by atoms with van der Waals surface area (Å²) in [5.74, 6) is 0.0633. The van der Waals surface area contributed by atoms with Crippen molar-refractivity contribution < 1.29 is 14.4 Å². The molecule has 5 rings (SSSR count). The monoisotopic (exact) mass is 559 g/mol. The molecule has 8 nitrogen and oxygen atoms in total. The molecule has 9 heteroatoms. The van der Waals surface area contributed by atoms with Crippen LogP contribution in [0.25, 0.3) is 0 Å². The number of hydrogen-bond acceptors (Lipinski definition) is 6. The molecule has 2 amide bonds. The molecule has 3 heterocycles. The van der Waals surface area contributed by atoms with Crippen LogP contribution in [0.2, 0.25) is 5.02 Å². The summed E-state index contributed by atoms with van der Waals surface area (Å²) in [6, 6.07) is 15.4. The van der Waals surface area contributed by atoms with Gasteiger partial charge in [0.15, 0.2) is 5.78 Å². The van der Waals surface area contributed by atoms with Crippen LogP contribution in [0.1, 0.15) is 43.8 Å². The number of aromatic nitrogens is 1. The first-order valence-corrected chi connectivity index (χ1v) is 14.0. The Kier molecular flexibility index (Phi) is 8.59. The lowest BCUT2D eigenvalue weighted by atomic mass is 10.00. The van der Waals surface area contributed by atoms with Gasteiger partial charge >= 0.3 is 0 Å². The largest absolute Gasteiger partial charge is 0.324 e. The Labute approximate surface area is 239 Å². The standard InChI is InChI=1S/C31H34ClN5O3/c1-21-3-10-29(33-19-21)34-30(39)23-6-4-22(5-7-23)20-37-27(11-12-36-15-13-35(2)14-16-36)28(38)18-24-17-25(32)8-9-26(24)31(37)40/h3-10,17,19,27H,11-16,18,20H2,1-2H3,(H,33,34,39)/t27-/m1/s1. The maximum Gasteiger partial charge on any atom is 0.256 e. The molecule has 2 aromatic carbocycles. The minimum absolute atomic E-state index is 0.0186. The van der Waals surface area contributed by atoms with Gasteiger partial charge in [-0.1, -0.05) is 29.8 Å².